The second-order valence-corrected chi connectivity index (χ2v) is 4.36. The van der Waals surface area contributed by atoms with E-state index in [2.05, 4.69) is 16.8 Å². The SMILES string of the molecule is CN1C2CCC1CN(CCO)CC2. The average molecular weight is 184 g/mol. The molecule has 2 aliphatic rings. The van der Waals surface area contributed by atoms with E-state index in [9.17, 15) is 0 Å². The van der Waals surface area contributed by atoms with Gasteiger partial charge in [0.25, 0.3) is 0 Å². The molecule has 0 aliphatic carbocycles. The van der Waals surface area contributed by atoms with Gasteiger partial charge in [-0.25, -0.2) is 0 Å². The standard InChI is InChI=1S/C10H20N2O/c1-11-9-2-3-10(11)8-12(5-4-9)6-7-13/h9-10,13H,2-8H2,1H3. The smallest absolute Gasteiger partial charge is 0.0558 e. The average Bonchev–Trinajstić information content (AvgIpc) is 2.33. The van der Waals surface area contributed by atoms with Crippen molar-refractivity contribution in [3.63, 3.8) is 0 Å². The Morgan fingerprint density at radius 1 is 1.23 bits per heavy atom. The van der Waals surface area contributed by atoms with Crippen LogP contribution in [-0.2, 0) is 0 Å². The zero-order valence-electron chi connectivity index (χ0n) is 8.45. The molecule has 1 N–H and O–H groups in total. The van der Waals surface area contributed by atoms with Crippen LogP contribution in [0.3, 0.4) is 0 Å². The molecule has 2 saturated heterocycles. The van der Waals surface area contributed by atoms with Gasteiger partial charge in [0.05, 0.1) is 6.61 Å². The number of aliphatic hydroxyl groups is 1. The zero-order chi connectivity index (χ0) is 9.26. The normalized spacial score (nSPS) is 36.5. The van der Waals surface area contributed by atoms with Crippen LogP contribution < -0.4 is 0 Å². The van der Waals surface area contributed by atoms with Crippen molar-refractivity contribution in [2.75, 3.05) is 33.3 Å². The first-order chi connectivity index (χ1) is 6.31. The molecule has 0 aromatic rings. The Balaban J connectivity index is 1.95. The van der Waals surface area contributed by atoms with Gasteiger partial charge in [0, 0.05) is 25.2 Å². The summed E-state index contributed by atoms with van der Waals surface area (Å²) in [7, 11) is 2.25. The van der Waals surface area contributed by atoms with Crippen molar-refractivity contribution in [2.24, 2.45) is 0 Å². The Kier molecular flexibility index (Phi) is 2.86. The minimum atomic E-state index is 0.307. The predicted molar refractivity (Wildman–Crippen MR) is 52.7 cm³/mol. The molecule has 2 fully saturated rings. The Morgan fingerprint density at radius 2 is 2.00 bits per heavy atom. The molecule has 3 heteroatoms. The van der Waals surface area contributed by atoms with E-state index in [1.807, 2.05) is 0 Å². The van der Waals surface area contributed by atoms with Crippen LogP contribution in [0.4, 0.5) is 0 Å². The largest absolute Gasteiger partial charge is 0.395 e. The summed E-state index contributed by atoms with van der Waals surface area (Å²) in [6, 6.07) is 1.56. The van der Waals surface area contributed by atoms with Gasteiger partial charge in [-0.3, -0.25) is 9.80 Å². The summed E-state index contributed by atoms with van der Waals surface area (Å²) in [6.07, 6.45) is 4.02. The van der Waals surface area contributed by atoms with Gasteiger partial charge in [-0.1, -0.05) is 0 Å². The third-order valence-corrected chi connectivity index (χ3v) is 3.65. The third kappa shape index (κ3) is 1.87. The van der Waals surface area contributed by atoms with Gasteiger partial charge >= 0.3 is 0 Å². The number of nitrogens with zero attached hydrogens (tertiary/aromatic N) is 2. The van der Waals surface area contributed by atoms with Crippen LogP contribution in [0, 0.1) is 0 Å². The summed E-state index contributed by atoms with van der Waals surface area (Å²) in [4.78, 5) is 4.94. The summed E-state index contributed by atoms with van der Waals surface area (Å²) in [5.41, 5.74) is 0. The second-order valence-electron chi connectivity index (χ2n) is 4.36. The highest BCUT2D eigenvalue weighted by Gasteiger charge is 2.34. The maximum Gasteiger partial charge on any atom is 0.0558 e. The molecule has 2 bridgehead atoms. The van der Waals surface area contributed by atoms with Crippen molar-refractivity contribution in [1.29, 1.82) is 0 Å². The fourth-order valence-corrected chi connectivity index (χ4v) is 2.72. The molecule has 3 nitrogen and oxygen atoms in total. The molecular formula is C10H20N2O. The number of fused-ring (bicyclic) bond motifs is 2. The Hall–Kier alpha value is -0.120. The number of likely N-dealkylation sites (N-methyl/N-ethyl adjacent to an activating group) is 1. The van der Waals surface area contributed by atoms with E-state index in [-0.39, 0.29) is 0 Å². The summed E-state index contributed by atoms with van der Waals surface area (Å²) >= 11 is 0. The fourth-order valence-electron chi connectivity index (χ4n) is 2.72. The highest BCUT2D eigenvalue weighted by atomic mass is 16.3. The Labute approximate surface area is 80.3 Å². The fraction of sp³-hybridized carbons (Fsp3) is 1.00. The first-order valence-corrected chi connectivity index (χ1v) is 5.36. The van der Waals surface area contributed by atoms with Gasteiger partial charge in [0.2, 0.25) is 0 Å². The molecule has 2 heterocycles. The number of aliphatic hydroxyl groups excluding tert-OH is 1. The first kappa shape index (κ1) is 9.44. The molecule has 0 amide bonds. The molecule has 0 spiro atoms. The van der Waals surface area contributed by atoms with E-state index >= 15 is 0 Å². The summed E-state index contributed by atoms with van der Waals surface area (Å²) in [6.45, 7) is 3.50. The molecule has 0 radical (unpaired) electrons. The molecule has 0 saturated carbocycles. The lowest BCUT2D eigenvalue weighted by atomic mass is 10.1. The van der Waals surface area contributed by atoms with Crippen LogP contribution in [0.1, 0.15) is 19.3 Å². The summed E-state index contributed by atoms with van der Waals surface area (Å²) in [5, 5.41) is 8.89. The maximum atomic E-state index is 8.89. The van der Waals surface area contributed by atoms with Gasteiger partial charge in [-0.05, 0) is 32.9 Å². The van der Waals surface area contributed by atoms with Crippen LogP contribution in [0.25, 0.3) is 0 Å². The number of hydrogen-bond donors (Lipinski definition) is 1. The van der Waals surface area contributed by atoms with E-state index < -0.39 is 0 Å². The van der Waals surface area contributed by atoms with E-state index in [0.717, 1.165) is 25.2 Å². The van der Waals surface area contributed by atoms with Crippen LogP contribution in [0.2, 0.25) is 0 Å². The molecule has 76 valence electrons. The Bertz CT molecular complexity index is 174. The Morgan fingerprint density at radius 3 is 2.77 bits per heavy atom. The van der Waals surface area contributed by atoms with E-state index in [4.69, 9.17) is 5.11 Å². The number of hydrogen-bond acceptors (Lipinski definition) is 3. The highest BCUT2D eigenvalue weighted by molar-refractivity contribution is 4.90. The number of rotatable bonds is 2. The summed E-state index contributed by atoms with van der Waals surface area (Å²) in [5.74, 6) is 0. The quantitative estimate of drug-likeness (QED) is 0.661. The van der Waals surface area contributed by atoms with Gasteiger partial charge in [-0.2, -0.15) is 0 Å². The lowest BCUT2D eigenvalue weighted by molar-refractivity contribution is 0.178. The van der Waals surface area contributed by atoms with Crippen molar-refractivity contribution >= 4 is 0 Å². The summed E-state index contributed by atoms with van der Waals surface area (Å²) < 4.78 is 0. The molecule has 0 aromatic heterocycles. The minimum absolute atomic E-state index is 0.307. The number of β-amino-alcohol motifs (C(OH)–C–C–N with tert-alkyl or cyclic N) is 1. The molecule has 13 heavy (non-hydrogen) atoms. The topological polar surface area (TPSA) is 26.7 Å². The van der Waals surface area contributed by atoms with Crippen LogP contribution in [0.15, 0.2) is 0 Å². The van der Waals surface area contributed by atoms with Crippen molar-refractivity contribution in [3.05, 3.63) is 0 Å². The number of likely N-dealkylation sites (tertiary alicyclic amines) is 1. The lowest BCUT2D eigenvalue weighted by Crippen LogP contribution is -2.37. The maximum absolute atomic E-state index is 8.89. The molecule has 2 rings (SSSR count). The first-order valence-electron chi connectivity index (χ1n) is 5.36. The van der Waals surface area contributed by atoms with Crippen LogP contribution in [0.5, 0.6) is 0 Å². The van der Waals surface area contributed by atoms with Gasteiger partial charge in [-0.15, -0.1) is 0 Å². The van der Waals surface area contributed by atoms with Crippen molar-refractivity contribution in [2.45, 2.75) is 31.3 Å². The van der Waals surface area contributed by atoms with Crippen LogP contribution >= 0.6 is 0 Å². The minimum Gasteiger partial charge on any atom is -0.395 e. The van der Waals surface area contributed by atoms with Gasteiger partial charge < -0.3 is 5.11 Å². The van der Waals surface area contributed by atoms with Crippen LogP contribution in [-0.4, -0.2) is 60.3 Å². The molecular weight excluding hydrogens is 164 g/mol. The van der Waals surface area contributed by atoms with E-state index in [0.29, 0.717) is 6.61 Å². The molecule has 2 atom stereocenters. The van der Waals surface area contributed by atoms with Gasteiger partial charge in [0.15, 0.2) is 0 Å². The monoisotopic (exact) mass is 184 g/mol. The van der Waals surface area contributed by atoms with Crippen molar-refractivity contribution in [1.82, 2.24) is 9.80 Å². The molecule has 2 aliphatic heterocycles. The zero-order valence-corrected chi connectivity index (χ0v) is 8.45. The molecule has 2 unspecified atom stereocenters. The highest BCUT2D eigenvalue weighted by Crippen LogP contribution is 2.28. The third-order valence-electron chi connectivity index (χ3n) is 3.65. The second kappa shape index (κ2) is 3.95. The van der Waals surface area contributed by atoms with Gasteiger partial charge in [0.1, 0.15) is 0 Å². The lowest BCUT2D eigenvalue weighted by Gasteiger charge is -2.24. The van der Waals surface area contributed by atoms with E-state index in [1.54, 1.807) is 0 Å². The van der Waals surface area contributed by atoms with Crippen molar-refractivity contribution in [3.8, 4) is 0 Å². The van der Waals surface area contributed by atoms with E-state index in [1.165, 1.54) is 25.8 Å². The van der Waals surface area contributed by atoms with Crippen molar-refractivity contribution < 1.29 is 5.11 Å². The molecule has 0 aromatic carbocycles. The predicted octanol–water partition coefficient (Wildman–Crippen LogP) is 0.147.